The molecule has 0 bridgehead atoms. The maximum absolute atomic E-state index is 12.7. The Balaban J connectivity index is 1.31. The summed E-state index contributed by atoms with van der Waals surface area (Å²) in [4.78, 5) is 21.1. The minimum absolute atomic E-state index is 0.179. The number of anilines is 1. The van der Waals surface area contributed by atoms with Crippen LogP contribution in [0.4, 0.5) is 5.69 Å². The van der Waals surface area contributed by atoms with Crippen LogP contribution >= 0.6 is 0 Å². The van der Waals surface area contributed by atoms with Gasteiger partial charge >= 0.3 is 0 Å². The molecule has 2 aliphatic heterocycles. The molecule has 3 heterocycles. The number of carbonyl (C=O) groups is 1. The fourth-order valence-corrected chi connectivity index (χ4v) is 4.09. The van der Waals surface area contributed by atoms with E-state index >= 15 is 0 Å². The highest BCUT2D eigenvalue weighted by Crippen LogP contribution is 2.30. The van der Waals surface area contributed by atoms with Crippen molar-refractivity contribution in [3.05, 3.63) is 59.9 Å². The van der Waals surface area contributed by atoms with Gasteiger partial charge in [-0.25, -0.2) is 0 Å². The number of likely N-dealkylation sites (tertiary alicyclic amines) is 1. The van der Waals surface area contributed by atoms with Gasteiger partial charge in [0.1, 0.15) is 0 Å². The number of pyridine rings is 1. The van der Waals surface area contributed by atoms with Crippen LogP contribution in [0, 0.1) is 5.92 Å². The van der Waals surface area contributed by atoms with E-state index in [2.05, 4.69) is 16.0 Å². The molecule has 1 aromatic carbocycles. The van der Waals surface area contributed by atoms with Crippen LogP contribution in [0.1, 0.15) is 30.2 Å². The lowest BCUT2D eigenvalue weighted by Crippen LogP contribution is -2.43. The van der Waals surface area contributed by atoms with Gasteiger partial charge in [-0.1, -0.05) is 24.3 Å². The highest BCUT2D eigenvalue weighted by atomic mass is 16.3. The van der Waals surface area contributed by atoms with E-state index in [4.69, 9.17) is 0 Å². The maximum Gasteiger partial charge on any atom is 0.241 e. The van der Waals surface area contributed by atoms with E-state index in [9.17, 15) is 9.90 Å². The summed E-state index contributed by atoms with van der Waals surface area (Å²) in [5.41, 5.74) is 3.08. The van der Waals surface area contributed by atoms with Crippen LogP contribution in [0.3, 0.4) is 0 Å². The van der Waals surface area contributed by atoms with Crippen molar-refractivity contribution in [2.24, 2.45) is 5.92 Å². The summed E-state index contributed by atoms with van der Waals surface area (Å²) < 4.78 is 0. The van der Waals surface area contributed by atoms with Crippen LogP contribution in [0.5, 0.6) is 0 Å². The molecule has 1 N–H and O–H groups in total. The van der Waals surface area contributed by atoms with Crippen molar-refractivity contribution in [3.63, 3.8) is 0 Å². The summed E-state index contributed by atoms with van der Waals surface area (Å²) in [5, 5.41) is 10.5. The highest BCUT2D eigenvalue weighted by Gasteiger charge is 2.30. The first-order valence-corrected chi connectivity index (χ1v) is 9.42. The normalized spacial score (nSPS) is 19.3. The molecule has 4 rings (SSSR count). The number of carbonyl (C=O) groups excluding carboxylic acids is 1. The molecule has 1 atom stereocenters. The molecular formula is C21H25N3O2. The Morgan fingerprint density at radius 3 is 2.65 bits per heavy atom. The summed E-state index contributed by atoms with van der Waals surface area (Å²) in [6, 6.07) is 13.8. The molecule has 5 heteroatoms. The second kappa shape index (κ2) is 7.56. The molecule has 2 aliphatic rings. The second-order valence-corrected chi connectivity index (χ2v) is 7.24. The number of fused-ring (bicyclic) bond motifs is 1. The Kier molecular flexibility index (Phi) is 5.00. The quantitative estimate of drug-likeness (QED) is 0.919. The van der Waals surface area contributed by atoms with Gasteiger partial charge in [0.15, 0.2) is 0 Å². The number of aliphatic hydroxyl groups is 1. The number of benzene rings is 1. The predicted molar refractivity (Wildman–Crippen MR) is 101 cm³/mol. The lowest BCUT2D eigenvalue weighted by atomic mass is 9.89. The number of nitrogens with zero attached hydrogens (tertiary/aromatic N) is 3. The van der Waals surface area contributed by atoms with E-state index in [1.165, 1.54) is 5.56 Å². The standard InChI is InChI=1S/C21H25N3O2/c25-20(24-14-10-16-5-1-2-7-19(16)24)15-23-12-8-17(9-13-23)21(26)18-6-3-4-11-22-18/h1-7,11,17,21,26H,8-10,12-15H2/t21-/m0/s1. The topological polar surface area (TPSA) is 56.7 Å². The third-order valence-electron chi connectivity index (χ3n) is 5.62. The highest BCUT2D eigenvalue weighted by molar-refractivity contribution is 5.96. The largest absolute Gasteiger partial charge is 0.387 e. The van der Waals surface area contributed by atoms with Crippen molar-refractivity contribution in [2.45, 2.75) is 25.4 Å². The van der Waals surface area contributed by atoms with Crippen molar-refractivity contribution in [1.29, 1.82) is 0 Å². The fraction of sp³-hybridized carbons (Fsp3) is 0.429. The van der Waals surface area contributed by atoms with Crippen molar-refractivity contribution >= 4 is 11.6 Å². The van der Waals surface area contributed by atoms with Gasteiger partial charge in [0.2, 0.25) is 5.91 Å². The SMILES string of the molecule is O=C(CN1CCC([C@H](O)c2ccccn2)CC1)N1CCc2ccccc21. The molecule has 1 saturated heterocycles. The van der Waals surface area contributed by atoms with Crippen molar-refractivity contribution < 1.29 is 9.90 Å². The van der Waals surface area contributed by atoms with Gasteiger partial charge in [-0.2, -0.15) is 0 Å². The van der Waals surface area contributed by atoms with Crippen LogP contribution in [-0.2, 0) is 11.2 Å². The molecular weight excluding hydrogens is 326 g/mol. The number of para-hydroxylation sites is 1. The number of piperidine rings is 1. The van der Waals surface area contributed by atoms with Gasteiger partial charge in [0, 0.05) is 18.4 Å². The first-order valence-electron chi connectivity index (χ1n) is 9.42. The third-order valence-corrected chi connectivity index (χ3v) is 5.62. The minimum Gasteiger partial charge on any atom is -0.387 e. The molecule has 26 heavy (non-hydrogen) atoms. The molecule has 0 radical (unpaired) electrons. The van der Waals surface area contributed by atoms with E-state index in [-0.39, 0.29) is 11.8 Å². The Morgan fingerprint density at radius 2 is 1.88 bits per heavy atom. The van der Waals surface area contributed by atoms with Gasteiger partial charge in [0.05, 0.1) is 18.3 Å². The third kappa shape index (κ3) is 3.50. The van der Waals surface area contributed by atoms with Crippen LogP contribution in [-0.4, -0.2) is 47.1 Å². The van der Waals surface area contributed by atoms with Gasteiger partial charge in [-0.3, -0.25) is 14.7 Å². The van der Waals surface area contributed by atoms with Crippen LogP contribution in [0.25, 0.3) is 0 Å². The first-order chi connectivity index (χ1) is 12.7. The smallest absolute Gasteiger partial charge is 0.241 e. The lowest BCUT2D eigenvalue weighted by Gasteiger charge is -2.34. The average Bonchev–Trinajstić information content (AvgIpc) is 3.13. The molecule has 2 aromatic rings. The molecule has 0 aliphatic carbocycles. The lowest BCUT2D eigenvalue weighted by molar-refractivity contribution is -0.120. The summed E-state index contributed by atoms with van der Waals surface area (Å²) >= 11 is 0. The Hall–Kier alpha value is -2.24. The van der Waals surface area contributed by atoms with E-state index < -0.39 is 6.10 Å². The van der Waals surface area contributed by atoms with Crippen molar-refractivity contribution in [2.75, 3.05) is 31.1 Å². The minimum atomic E-state index is -0.514. The zero-order valence-electron chi connectivity index (χ0n) is 14.9. The van der Waals surface area contributed by atoms with Crippen LogP contribution in [0.2, 0.25) is 0 Å². The molecule has 0 unspecified atom stereocenters. The average molecular weight is 351 g/mol. The molecule has 0 spiro atoms. The Bertz CT molecular complexity index is 757. The molecule has 1 aromatic heterocycles. The summed E-state index contributed by atoms with van der Waals surface area (Å²) in [7, 11) is 0. The van der Waals surface area contributed by atoms with Crippen LogP contribution < -0.4 is 4.90 Å². The number of hydrogen-bond donors (Lipinski definition) is 1. The van der Waals surface area contributed by atoms with Gasteiger partial charge in [-0.15, -0.1) is 0 Å². The number of aliphatic hydroxyl groups excluding tert-OH is 1. The van der Waals surface area contributed by atoms with Gasteiger partial charge in [-0.05, 0) is 62.0 Å². The van der Waals surface area contributed by atoms with E-state index in [1.807, 2.05) is 41.3 Å². The summed E-state index contributed by atoms with van der Waals surface area (Å²) in [6.07, 6.45) is 3.93. The zero-order chi connectivity index (χ0) is 17.9. The molecule has 136 valence electrons. The Morgan fingerprint density at radius 1 is 1.12 bits per heavy atom. The number of aromatic nitrogens is 1. The second-order valence-electron chi connectivity index (χ2n) is 7.24. The predicted octanol–water partition coefficient (Wildman–Crippen LogP) is 2.42. The molecule has 0 saturated carbocycles. The first kappa shape index (κ1) is 17.2. The van der Waals surface area contributed by atoms with Crippen molar-refractivity contribution in [1.82, 2.24) is 9.88 Å². The van der Waals surface area contributed by atoms with E-state index in [1.54, 1.807) is 6.20 Å². The number of amides is 1. The van der Waals surface area contributed by atoms with E-state index in [0.29, 0.717) is 6.54 Å². The fourth-order valence-electron chi connectivity index (χ4n) is 4.09. The van der Waals surface area contributed by atoms with Crippen molar-refractivity contribution in [3.8, 4) is 0 Å². The summed E-state index contributed by atoms with van der Waals surface area (Å²) in [5.74, 6) is 0.391. The molecule has 1 amide bonds. The molecule has 5 nitrogen and oxygen atoms in total. The van der Waals surface area contributed by atoms with Crippen LogP contribution in [0.15, 0.2) is 48.7 Å². The Labute approximate surface area is 154 Å². The summed E-state index contributed by atoms with van der Waals surface area (Å²) in [6.45, 7) is 2.93. The maximum atomic E-state index is 12.7. The zero-order valence-corrected chi connectivity index (χ0v) is 14.9. The van der Waals surface area contributed by atoms with E-state index in [0.717, 1.165) is 50.3 Å². The van der Waals surface area contributed by atoms with Gasteiger partial charge in [0.25, 0.3) is 0 Å². The number of rotatable bonds is 4. The number of hydrogen-bond acceptors (Lipinski definition) is 4. The molecule has 1 fully saturated rings. The van der Waals surface area contributed by atoms with Gasteiger partial charge < -0.3 is 10.0 Å². The monoisotopic (exact) mass is 351 g/mol.